The van der Waals surface area contributed by atoms with Gasteiger partial charge in [0, 0.05) is 39.2 Å². The first-order valence-electron chi connectivity index (χ1n) is 9.82. The Labute approximate surface area is 198 Å². The van der Waals surface area contributed by atoms with Gasteiger partial charge in [0.1, 0.15) is 0 Å². The van der Waals surface area contributed by atoms with Crippen molar-refractivity contribution in [3.63, 3.8) is 0 Å². The summed E-state index contributed by atoms with van der Waals surface area (Å²) < 4.78 is 1.91. The maximum absolute atomic E-state index is 11.6. The zero-order valence-corrected chi connectivity index (χ0v) is 19.0. The van der Waals surface area contributed by atoms with E-state index in [-0.39, 0.29) is 17.0 Å². The molecule has 1 aromatic heterocycles. The average molecular weight is 480 g/mol. The van der Waals surface area contributed by atoms with Crippen LogP contribution >= 0.6 is 23.4 Å². The molecule has 0 saturated carbocycles. The molecule has 0 fully saturated rings. The highest BCUT2D eigenvalue weighted by Gasteiger charge is 2.20. The molecule has 0 spiro atoms. The quantitative estimate of drug-likeness (QED) is 0.221. The maximum atomic E-state index is 11.6. The van der Waals surface area contributed by atoms with Gasteiger partial charge in [0.25, 0.3) is 5.69 Å². The van der Waals surface area contributed by atoms with Crippen LogP contribution in [0.4, 0.5) is 5.69 Å². The highest BCUT2D eigenvalue weighted by atomic mass is 35.5. The van der Waals surface area contributed by atoms with E-state index in [0.717, 1.165) is 16.8 Å². The van der Waals surface area contributed by atoms with Gasteiger partial charge in [-0.1, -0.05) is 41.6 Å². The fourth-order valence-corrected chi connectivity index (χ4v) is 4.37. The third-order valence-corrected chi connectivity index (χ3v) is 6.15. The predicted molar refractivity (Wildman–Crippen MR) is 128 cm³/mol. The topological polar surface area (TPSA) is 117 Å². The molecule has 1 heterocycles. The number of nitrogens with two attached hydrogens (primary N) is 1. The van der Waals surface area contributed by atoms with Gasteiger partial charge in [0.05, 0.1) is 4.92 Å². The van der Waals surface area contributed by atoms with Crippen LogP contribution in [0.2, 0.25) is 5.02 Å². The number of halogens is 1. The number of carbonyl (C=O) groups is 1. The van der Waals surface area contributed by atoms with Crippen molar-refractivity contribution >= 4 is 35.0 Å². The maximum Gasteiger partial charge on any atom is 0.274 e. The fraction of sp³-hybridized carbons (Fsp3) is 0.0870. The smallest absolute Gasteiger partial charge is 0.274 e. The molecule has 3 aromatic carbocycles. The molecular weight excluding hydrogens is 462 g/mol. The highest BCUT2D eigenvalue weighted by molar-refractivity contribution is 7.98. The van der Waals surface area contributed by atoms with Crippen LogP contribution < -0.4 is 5.73 Å². The standard InChI is InChI=1S/C23H18ClN5O3S/c1-14-3-2-4-19(11-14)28-22(15-7-9-18(24)10-8-15)26-27-23(28)33-13-17-6-5-16(21(25)30)12-20(17)29(31)32/h2-12H,13H2,1H3,(H2,25,30). The van der Waals surface area contributed by atoms with E-state index in [9.17, 15) is 14.9 Å². The Hall–Kier alpha value is -3.69. The van der Waals surface area contributed by atoms with Gasteiger partial charge in [-0.25, -0.2) is 0 Å². The van der Waals surface area contributed by atoms with Crippen molar-refractivity contribution in [3.05, 3.63) is 98.6 Å². The molecule has 0 unspecified atom stereocenters. The van der Waals surface area contributed by atoms with Crippen LogP contribution in [-0.4, -0.2) is 25.6 Å². The van der Waals surface area contributed by atoms with Crippen LogP contribution in [0.15, 0.2) is 71.9 Å². The molecule has 0 aliphatic heterocycles. The van der Waals surface area contributed by atoms with Crippen LogP contribution in [0, 0.1) is 17.0 Å². The molecule has 33 heavy (non-hydrogen) atoms. The van der Waals surface area contributed by atoms with Gasteiger partial charge < -0.3 is 5.73 Å². The van der Waals surface area contributed by atoms with Crippen LogP contribution in [0.1, 0.15) is 21.5 Å². The van der Waals surface area contributed by atoms with E-state index in [2.05, 4.69) is 10.2 Å². The van der Waals surface area contributed by atoms with E-state index >= 15 is 0 Å². The lowest BCUT2D eigenvalue weighted by molar-refractivity contribution is -0.385. The number of nitro groups is 1. The Balaban J connectivity index is 1.74. The second-order valence-electron chi connectivity index (χ2n) is 7.24. The van der Waals surface area contributed by atoms with E-state index in [4.69, 9.17) is 17.3 Å². The second-order valence-corrected chi connectivity index (χ2v) is 8.62. The zero-order valence-electron chi connectivity index (χ0n) is 17.4. The van der Waals surface area contributed by atoms with Gasteiger partial charge in [0.2, 0.25) is 5.91 Å². The number of carbonyl (C=O) groups excluding carboxylic acids is 1. The number of aryl methyl sites for hydroxylation is 1. The SMILES string of the molecule is Cc1cccc(-n2c(SCc3ccc(C(N)=O)cc3[N+](=O)[O-])nnc2-c2ccc(Cl)cc2)c1. The third-order valence-electron chi connectivity index (χ3n) is 4.92. The second kappa shape index (κ2) is 9.43. The Morgan fingerprint density at radius 3 is 2.55 bits per heavy atom. The van der Waals surface area contributed by atoms with Gasteiger partial charge in [-0.05, 0) is 55.0 Å². The molecule has 166 valence electrons. The summed E-state index contributed by atoms with van der Waals surface area (Å²) in [4.78, 5) is 22.4. The van der Waals surface area contributed by atoms with Crippen molar-refractivity contribution < 1.29 is 9.72 Å². The van der Waals surface area contributed by atoms with Crippen molar-refractivity contribution in [2.75, 3.05) is 0 Å². The Morgan fingerprint density at radius 2 is 1.88 bits per heavy atom. The van der Waals surface area contributed by atoms with Crippen molar-refractivity contribution in [2.45, 2.75) is 17.8 Å². The largest absolute Gasteiger partial charge is 0.366 e. The summed E-state index contributed by atoms with van der Waals surface area (Å²) in [5.41, 5.74) is 8.39. The highest BCUT2D eigenvalue weighted by Crippen LogP contribution is 2.32. The zero-order chi connectivity index (χ0) is 23.5. The Kier molecular flexibility index (Phi) is 6.43. The molecule has 4 aromatic rings. The molecule has 10 heteroatoms. The van der Waals surface area contributed by atoms with Gasteiger partial charge in [-0.3, -0.25) is 19.5 Å². The number of thioether (sulfide) groups is 1. The molecule has 1 amide bonds. The van der Waals surface area contributed by atoms with E-state index in [0.29, 0.717) is 21.6 Å². The number of primary amides is 1. The van der Waals surface area contributed by atoms with Gasteiger partial charge in [-0.15, -0.1) is 10.2 Å². The molecule has 0 atom stereocenters. The Morgan fingerprint density at radius 1 is 1.12 bits per heavy atom. The fourth-order valence-electron chi connectivity index (χ4n) is 3.30. The number of benzene rings is 3. The molecule has 0 aliphatic rings. The minimum atomic E-state index is -0.718. The summed E-state index contributed by atoms with van der Waals surface area (Å²) in [6.45, 7) is 1.99. The number of hydrogen-bond acceptors (Lipinski definition) is 6. The van der Waals surface area contributed by atoms with Crippen molar-refractivity contribution in [1.82, 2.24) is 14.8 Å². The molecule has 0 aliphatic carbocycles. The third kappa shape index (κ3) is 4.89. The number of hydrogen-bond donors (Lipinski definition) is 1. The van der Waals surface area contributed by atoms with Crippen LogP contribution in [0.3, 0.4) is 0 Å². The molecular formula is C23H18ClN5O3S. The lowest BCUT2D eigenvalue weighted by Crippen LogP contribution is -2.11. The number of aromatic nitrogens is 3. The van der Waals surface area contributed by atoms with E-state index < -0.39 is 10.8 Å². The lowest BCUT2D eigenvalue weighted by Gasteiger charge is -2.11. The first-order valence-corrected chi connectivity index (χ1v) is 11.2. The summed E-state index contributed by atoms with van der Waals surface area (Å²) in [5, 5.41) is 21.5. The average Bonchev–Trinajstić information content (AvgIpc) is 3.22. The summed E-state index contributed by atoms with van der Waals surface area (Å²) in [6.07, 6.45) is 0. The molecule has 0 radical (unpaired) electrons. The van der Waals surface area contributed by atoms with Crippen molar-refractivity contribution in [1.29, 1.82) is 0 Å². The van der Waals surface area contributed by atoms with Crippen LogP contribution in [-0.2, 0) is 5.75 Å². The Bertz CT molecular complexity index is 1350. The van der Waals surface area contributed by atoms with E-state index in [1.54, 1.807) is 18.2 Å². The summed E-state index contributed by atoms with van der Waals surface area (Å²) >= 11 is 7.35. The molecule has 8 nitrogen and oxygen atoms in total. The number of nitrogens with zero attached hydrogens (tertiary/aromatic N) is 4. The van der Waals surface area contributed by atoms with Crippen molar-refractivity contribution in [3.8, 4) is 17.1 Å². The number of amides is 1. The van der Waals surface area contributed by atoms with Gasteiger partial charge >= 0.3 is 0 Å². The monoisotopic (exact) mass is 479 g/mol. The van der Waals surface area contributed by atoms with Crippen LogP contribution in [0.5, 0.6) is 0 Å². The minimum absolute atomic E-state index is 0.0865. The van der Waals surface area contributed by atoms with E-state index in [1.807, 2.05) is 47.9 Å². The number of rotatable bonds is 7. The summed E-state index contributed by atoms with van der Waals surface area (Å²) in [6, 6.07) is 19.4. The normalized spacial score (nSPS) is 10.8. The molecule has 2 N–H and O–H groups in total. The summed E-state index contributed by atoms with van der Waals surface area (Å²) in [7, 11) is 0. The summed E-state index contributed by atoms with van der Waals surface area (Å²) in [5.74, 6) is 0.155. The van der Waals surface area contributed by atoms with Crippen LogP contribution in [0.25, 0.3) is 17.1 Å². The first-order chi connectivity index (χ1) is 15.8. The lowest BCUT2D eigenvalue weighted by atomic mass is 10.1. The van der Waals surface area contributed by atoms with Crippen molar-refractivity contribution in [2.24, 2.45) is 5.73 Å². The minimum Gasteiger partial charge on any atom is -0.366 e. The molecule has 4 rings (SSSR count). The molecule has 0 saturated heterocycles. The van der Waals surface area contributed by atoms with E-state index in [1.165, 1.54) is 23.9 Å². The predicted octanol–water partition coefficient (Wildman–Crippen LogP) is 5.20. The number of nitro benzene ring substituents is 1. The molecule has 0 bridgehead atoms. The van der Waals surface area contributed by atoms with Gasteiger partial charge in [0.15, 0.2) is 11.0 Å². The van der Waals surface area contributed by atoms with Gasteiger partial charge in [-0.2, -0.15) is 0 Å². The first kappa shape index (κ1) is 22.5.